The summed E-state index contributed by atoms with van der Waals surface area (Å²) in [6, 6.07) is 0. The summed E-state index contributed by atoms with van der Waals surface area (Å²) in [6.07, 6.45) is -3.44. The second kappa shape index (κ2) is 4.28. The SMILES string of the molecule is C=CC(CCC)=C(F)C(F)(F)F. The van der Waals surface area contributed by atoms with Crippen LogP contribution in [-0.2, 0) is 0 Å². The Morgan fingerprint density at radius 2 is 1.92 bits per heavy atom. The van der Waals surface area contributed by atoms with Crippen molar-refractivity contribution in [1.82, 2.24) is 0 Å². The third kappa shape index (κ3) is 3.07. The summed E-state index contributed by atoms with van der Waals surface area (Å²) in [5, 5.41) is 0. The molecule has 0 radical (unpaired) electrons. The zero-order valence-corrected chi connectivity index (χ0v) is 6.71. The van der Waals surface area contributed by atoms with Gasteiger partial charge in [-0.1, -0.05) is 26.0 Å². The number of hydrogen-bond acceptors (Lipinski definition) is 0. The van der Waals surface area contributed by atoms with Crippen LogP contribution in [0.15, 0.2) is 24.1 Å². The van der Waals surface area contributed by atoms with Gasteiger partial charge in [-0.2, -0.15) is 13.2 Å². The van der Waals surface area contributed by atoms with Gasteiger partial charge in [0.1, 0.15) is 0 Å². The highest BCUT2D eigenvalue weighted by Gasteiger charge is 2.36. The van der Waals surface area contributed by atoms with Crippen LogP contribution in [0.25, 0.3) is 0 Å². The van der Waals surface area contributed by atoms with Crippen LogP contribution in [0.4, 0.5) is 17.6 Å². The van der Waals surface area contributed by atoms with E-state index in [1.165, 1.54) is 0 Å². The van der Waals surface area contributed by atoms with Crippen molar-refractivity contribution >= 4 is 0 Å². The Kier molecular flexibility index (Phi) is 4.00. The van der Waals surface area contributed by atoms with Gasteiger partial charge < -0.3 is 0 Å². The Balaban J connectivity index is 4.71. The van der Waals surface area contributed by atoms with Crippen LogP contribution in [0.1, 0.15) is 19.8 Å². The van der Waals surface area contributed by atoms with Crippen molar-refractivity contribution in [2.24, 2.45) is 0 Å². The Morgan fingerprint density at radius 3 is 2.17 bits per heavy atom. The minimum absolute atomic E-state index is 0.0643. The lowest BCUT2D eigenvalue weighted by Gasteiger charge is -2.06. The third-order valence-electron chi connectivity index (χ3n) is 1.30. The summed E-state index contributed by atoms with van der Waals surface area (Å²) in [5.74, 6) is -2.03. The molecule has 12 heavy (non-hydrogen) atoms. The van der Waals surface area contributed by atoms with Crippen molar-refractivity contribution in [3.8, 4) is 0 Å². The monoisotopic (exact) mass is 182 g/mol. The topological polar surface area (TPSA) is 0 Å². The van der Waals surface area contributed by atoms with Crippen molar-refractivity contribution in [3.05, 3.63) is 24.1 Å². The second-order valence-electron chi connectivity index (χ2n) is 2.29. The molecular weight excluding hydrogens is 172 g/mol. The second-order valence-corrected chi connectivity index (χ2v) is 2.29. The highest BCUT2D eigenvalue weighted by atomic mass is 19.4. The maximum absolute atomic E-state index is 12.4. The molecule has 70 valence electrons. The minimum Gasteiger partial charge on any atom is -0.201 e. The van der Waals surface area contributed by atoms with Crippen LogP contribution in [-0.4, -0.2) is 6.18 Å². The number of allylic oxidation sites excluding steroid dienone is 3. The van der Waals surface area contributed by atoms with Gasteiger partial charge in [-0.3, -0.25) is 0 Å². The molecular formula is C8H10F4. The molecule has 0 aromatic rings. The Morgan fingerprint density at radius 1 is 1.42 bits per heavy atom. The Hall–Kier alpha value is -0.800. The van der Waals surface area contributed by atoms with Crippen molar-refractivity contribution in [2.45, 2.75) is 25.9 Å². The summed E-state index contributed by atoms with van der Waals surface area (Å²) < 4.78 is 47.6. The molecule has 0 aliphatic carbocycles. The Bertz CT molecular complexity index is 188. The van der Waals surface area contributed by atoms with Gasteiger partial charge in [-0.15, -0.1) is 0 Å². The van der Waals surface area contributed by atoms with Gasteiger partial charge in [0.15, 0.2) is 0 Å². The van der Waals surface area contributed by atoms with Gasteiger partial charge in [0, 0.05) is 0 Å². The number of halogens is 4. The van der Waals surface area contributed by atoms with Crippen LogP contribution in [0.5, 0.6) is 0 Å². The Labute approximate surface area is 68.6 Å². The highest BCUT2D eigenvalue weighted by molar-refractivity contribution is 5.22. The fraction of sp³-hybridized carbons (Fsp3) is 0.500. The zero-order chi connectivity index (χ0) is 9.78. The average molecular weight is 182 g/mol. The molecule has 0 rings (SSSR count). The van der Waals surface area contributed by atoms with E-state index in [9.17, 15) is 17.6 Å². The molecule has 0 atom stereocenters. The predicted molar refractivity (Wildman–Crippen MR) is 39.3 cm³/mol. The van der Waals surface area contributed by atoms with Crippen LogP contribution in [0.3, 0.4) is 0 Å². The normalized spacial score (nSPS) is 14.1. The molecule has 0 nitrogen and oxygen atoms in total. The van der Waals surface area contributed by atoms with E-state index in [4.69, 9.17) is 0 Å². The lowest BCUT2D eigenvalue weighted by Crippen LogP contribution is -2.10. The van der Waals surface area contributed by atoms with Gasteiger partial charge >= 0.3 is 6.18 Å². The van der Waals surface area contributed by atoms with E-state index in [-0.39, 0.29) is 12.0 Å². The molecule has 0 unspecified atom stereocenters. The van der Waals surface area contributed by atoms with Crippen molar-refractivity contribution in [2.75, 3.05) is 0 Å². The molecule has 0 aromatic heterocycles. The van der Waals surface area contributed by atoms with E-state index < -0.39 is 12.0 Å². The van der Waals surface area contributed by atoms with E-state index in [0.717, 1.165) is 6.08 Å². The summed E-state index contributed by atoms with van der Waals surface area (Å²) in [6.45, 7) is 4.79. The number of hydrogen-bond donors (Lipinski definition) is 0. The summed E-state index contributed by atoms with van der Waals surface area (Å²) >= 11 is 0. The molecule has 0 heterocycles. The van der Waals surface area contributed by atoms with Gasteiger partial charge in [0.2, 0.25) is 5.83 Å². The summed E-state index contributed by atoms with van der Waals surface area (Å²) in [5.41, 5.74) is -0.370. The molecule has 0 saturated heterocycles. The largest absolute Gasteiger partial charge is 0.443 e. The number of alkyl halides is 3. The van der Waals surface area contributed by atoms with Crippen LogP contribution in [0.2, 0.25) is 0 Å². The predicted octanol–water partition coefficient (Wildman–Crippen LogP) is 3.76. The molecule has 0 bridgehead atoms. The quantitative estimate of drug-likeness (QED) is 0.460. The van der Waals surface area contributed by atoms with E-state index in [2.05, 4.69) is 6.58 Å². The zero-order valence-electron chi connectivity index (χ0n) is 6.71. The summed E-state index contributed by atoms with van der Waals surface area (Å²) in [7, 11) is 0. The van der Waals surface area contributed by atoms with E-state index in [1.807, 2.05) is 0 Å². The van der Waals surface area contributed by atoms with E-state index >= 15 is 0 Å². The van der Waals surface area contributed by atoms with Crippen molar-refractivity contribution < 1.29 is 17.6 Å². The fourth-order valence-electron chi connectivity index (χ4n) is 0.753. The van der Waals surface area contributed by atoms with Gasteiger partial charge in [-0.05, 0) is 12.0 Å². The first-order valence-electron chi connectivity index (χ1n) is 3.51. The van der Waals surface area contributed by atoms with Crippen LogP contribution < -0.4 is 0 Å². The fourth-order valence-corrected chi connectivity index (χ4v) is 0.753. The molecule has 0 fully saturated rings. The standard InChI is InChI=1S/C8H10F4/c1-3-5-6(4-2)7(9)8(10,11)12/h4H,2-3,5H2,1H3. The molecule has 0 amide bonds. The summed E-state index contributed by atoms with van der Waals surface area (Å²) in [4.78, 5) is 0. The van der Waals surface area contributed by atoms with E-state index in [0.29, 0.717) is 6.42 Å². The lowest BCUT2D eigenvalue weighted by atomic mass is 10.1. The molecule has 0 spiro atoms. The molecule has 0 saturated carbocycles. The highest BCUT2D eigenvalue weighted by Crippen LogP contribution is 2.31. The average Bonchev–Trinajstić information content (AvgIpc) is 1.97. The van der Waals surface area contributed by atoms with Gasteiger partial charge in [0.25, 0.3) is 0 Å². The van der Waals surface area contributed by atoms with Crippen molar-refractivity contribution in [3.63, 3.8) is 0 Å². The maximum atomic E-state index is 12.4. The first-order chi connectivity index (χ1) is 5.43. The van der Waals surface area contributed by atoms with E-state index in [1.54, 1.807) is 6.92 Å². The minimum atomic E-state index is -4.88. The number of rotatable bonds is 3. The molecule has 4 heteroatoms. The molecule has 0 aliphatic rings. The maximum Gasteiger partial charge on any atom is 0.443 e. The third-order valence-corrected chi connectivity index (χ3v) is 1.30. The van der Waals surface area contributed by atoms with Crippen LogP contribution >= 0.6 is 0 Å². The molecule has 0 N–H and O–H groups in total. The van der Waals surface area contributed by atoms with Gasteiger partial charge in [-0.25, -0.2) is 4.39 Å². The first-order valence-corrected chi connectivity index (χ1v) is 3.51. The van der Waals surface area contributed by atoms with Crippen molar-refractivity contribution in [1.29, 1.82) is 0 Å². The smallest absolute Gasteiger partial charge is 0.201 e. The first kappa shape index (κ1) is 11.2. The van der Waals surface area contributed by atoms with Crippen LogP contribution in [0, 0.1) is 0 Å². The van der Waals surface area contributed by atoms with Gasteiger partial charge in [0.05, 0.1) is 0 Å². The molecule has 0 aliphatic heterocycles. The molecule has 0 aromatic carbocycles. The lowest BCUT2D eigenvalue weighted by molar-refractivity contribution is -0.109.